The quantitative estimate of drug-likeness (QED) is 0.802. The lowest BCUT2D eigenvalue weighted by molar-refractivity contribution is -0.126. The molecule has 0 bridgehead atoms. The summed E-state index contributed by atoms with van der Waals surface area (Å²) in [5, 5.41) is 6.01. The first-order chi connectivity index (χ1) is 7.36. The van der Waals surface area contributed by atoms with E-state index < -0.39 is 0 Å². The van der Waals surface area contributed by atoms with Gasteiger partial charge in [0.05, 0.1) is 5.92 Å². The van der Waals surface area contributed by atoms with Crippen molar-refractivity contribution in [2.24, 2.45) is 5.92 Å². The molecule has 0 aromatic carbocycles. The molecule has 0 radical (unpaired) electrons. The summed E-state index contributed by atoms with van der Waals surface area (Å²) in [7, 11) is 0. The number of amides is 1. The number of aromatic nitrogens is 1. The predicted octanol–water partition coefficient (Wildman–Crippen LogP) is 0.381. The van der Waals surface area contributed by atoms with Gasteiger partial charge in [0.1, 0.15) is 0 Å². The van der Waals surface area contributed by atoms with E-state index in [1.165, 1.54) is 5.56 Å². The lowest BCUT2D eigenvalue weighted by atomic mass is 10.0. The molecule has 1 aromatic rings. The fourth-order valence-electron chi connectivity index (χ4n) is 1.50. The Morgan fingerprint density at radius 2 is 2.12 bits per heavy atom. The Labute approximate surface area is 101 Å². The number of nitrogens with one attached hydrogen (secondary N) is 2. The molecule has 0 aliphatic carbocycles. The van der Waals surface area contributed by atoms with Crippen molar-refractivity contribution in [1.29, 1.82) is 0 Å². The second-order valence-corrected chi connectivity index (χ2v) is 3.75. The van der Waals surface area contributed by atoms with Gasteiger partial charge in [-0.15, -0.1) is 12.4 Å². The Morgan fingerprint density at radius 1 is 1.44 bits per heavy atom. The van der Waals surface area contributed by atoms with Crippen LogP contribution >= 0.6 is 12.4 Å². The number of carbonyl (C=O) groups excluding carboxylic acids is 1. The van der Waals surface area contributed by atoms with Gasteiger partial charge >= 0.3 is 0 Å². The number of hydrogen-bond donors (Lipinski definition) is 2. The molecule has 1 amide bonds. The minimum absolute atomic E-state index is 0. The van der Waals surface area contributed by atoms with Gasteiger partial charge in [-0.05, 0) is 24.1 Å². The molecule has 88 valence electrons. The van der Waals surface area contributed by atoms with Crippen LogP contribution in [0.5, 0.6) is 0 Å². The second-order valence-electron chi connectivity index (χ2n) is 3.75. The highest BCUT2D eigenvalue weighted by atomic mass is 35.5. The van der Waals surface area contributed by atoms with E-state index in [1.54, 1.807) is 12.4 Å². The van der Waals surface area contributed by atoms with Crippen LogP contribution in [-0.4, -0.2) is 30.5 Å². The van der Waals surface area contributed by atoms with E-state index >= 15 is 0 Å². The first kappa shape index (κ1) is 12.9. The Bertz CT molecular complexity index is 327. The molecule has 5 heteroatoms. The van der Waals surface area contributed by atoms with E-state index in [1.807, 2.05) is 12.1 Å². The van der Waals surface area contributed by atoms with Gasteiger partial charge in [-0.25, -0.2) is 0 Å². The first-order valence-corrected chi connectivity index (χ1v) is 5.23. The van der Waals surface area contributed by atoms with Crippen molar-refractivity contribution in [3.05, 3.63) is 30.1 Å². The van der Waals surface area contributed by atoms with E-state index in [4.69, 9.17) is 0 Å². The van der Waals surface area contributed by atoms with Crippen LogP contribution < -0.4 is 10.6 Å². The van der Waals surface area contributed by atoms with Gasteiger partial charge in [0.15, 0.2) is 0 Å². The van der Waals surface area contributed by atoms with Crippen LogP contribution in [0.25, 0.3) is 0 Å². The molecule has 1 fully saturated rings. The van der Waals surface area contributed by atoms with Gasteiger partial charge in [-0.2, -0.15) is 0 Å². The minimum Gasteiger partial charge on any atom is -0.355 e. The summed E-state index contributed by atoms with van der Waals surface area (Å²) in [5.74, 6) is 0.352. The Balaban J connectivity index is 0.00000128. The second kappa shape index (κ2) is 6.45. The molecule has 0 spiro atoms. The molecule has 1 aliphatic rings. The summed E-state index contributed by atoms with van der Waals surface area (Å²) in [4.78, 5) is 15.4. The van der Waals surface area contributed by atoms with Crippen LogP contribution in [-0.2, 0) is 11.2 Å². The van der Waals surface area contributed by atoms with Crippen molar-refractivity contribution in [2.75, 3.05) is 19.6 Å². The summed E-state index contributed by atoms with van der Waals surface area (Å²) in [6, 6.07) is 3.94. The van der Waals surface area contributed by atoms with Crippen molar-refractivity contribution in [3.63, 3.8) is 0 Å². The fraction of sp³-hybridized carbons (Fsp3) is 0.455. The van der Waals surface area contributed by atoms with Crippen molar-refractivity contribution in [3.8, 4) is 0 Å². The van der Waals surface area contributed by atoms with E-state index in [0.717, 1.165) is 19.5 Å². The van der Waals surface area contributed by atoms with E-state index in [-0.39, 0.29) is 24.2 Å². The monoisotopic (exact) mass is 241 g/mol. The molecule has 0 unspecified atom stereocenters. The molecule has 0 atom stereocenters. The van der Waals surface area contributed by atoms with E-state index in [2.05, 4.69) is 15.6 Å². The first-order valence-electron chi connectivity index (χ1n) is 5.23. The highest BCUT2D eigenvalue weighted by Gasteiger charge is 2.23. The number of halogens is 1. The topological polar surface area (TPSA) is 54.0 Å². The zero-order valence-electron chi connectivity index (χ0n) is 8.98. The third-order valence-electron chi connectivity index (χ3n) is 2.61. The highest BCUT2D eigenvalue weighted by Crippen LogP contribution is 2.02. The number of hydrogen-bond acceptors (Lipinski definition) is 3. The average Bonchev–Trinajstić information content (AvgIpc) is 2.16. The number of pyridine rings is 1. The predicted molar refractivity (Wildman–Crippen MR) is 64.6 cm³/mol. The third-order valence-corrected chi connectivity index (χ3v) is 2.61. The van der Waals surface area contributed by atoms with Crippen LogP contribution in [0.3, 0.4) is 0 Å². The van der Waals surface area contributed by atoms with Gasteiger partial charge in [-0.1, -0.05) is 0 Å². The molecule has 2 rings (SSSR count). The number of nitrogens with zero attached hydrogens (tertiary/aromatic N) is 1. The summed E-state index contributed by atoms with van der Waals surface area (Å²) in [6.45, 7) is 2.35. The third kappa shape index (κ3) is 3.47. The lowest BCUT2D eigenvalue weighted by Gasteiger charge is -2.25. The fourth-order valence-corrected chi connectivity index (χ4v) is 1.50. The molecule has 2 N–H and O–H groups in total. The number of rotatable bonds is 4. The zero-order chi connectivity index (χ0) is 10.5. The average molecular weight is 242 g/mol. The molecule has 0 saturated carbocycles. The van der Waals surface area contributed by atoms with Crippen LogP contribution in [0.1, 0.15) is 5.56 Å². The summed E-state index contributed by atoms with van der Waals surface area (Å²) < 4.78 is 0. The van der Waals surface area contributed by atoms with Gasteiger partial charge < -0.3 is 10.6 Å². The van der Waals surface area contributed by atoms with Gasteiger partial charge in [0.2, 0.25) is 5.91 Å². The molecule has 1 aliphatic heterocycles. The van der Waals surface area contributed by atoms with Crippen molar-refractivity contribution < 1.29 is 4.79 Å². The number of carbonyl (C=O) groups is 1. The summed E-state index contributed by atoms with van der Waals surface area (Å²) in [5.41, 5.74) is 1.21. The van der Waals surface area contributed by atoms with Gasteiger partial charge in [-0.3, -0.25) is 9.78 Å². The smallest absolute Gasteiger partial charge is 0.225 e. The van der Waals surface area contributed by atoms with Crippen LogP contribution in [0.2, 0.25) is 0 Å². The SMILES string of the molecule is Cl.O=C(NCCc1ccncc1)C1CNC1. The molecule has 4 nitrogen and oxygen atoms in total. The molecular formula is C11H16ClN3O. The molecule has 1 aromatic heterocycles. The standard InChI is InChI=1S/C11H15N3O.ClH/c15-11(10-7-13-8-10)14-6-3-9-1-4-12-5-2-9;/h1-2,4-5,10,13H,3,6-8H2,(H,14,15);1H. The minimum atomic E-state index is 0. The van der Waals surface area contributed by atoms with E-state index in [9.17, 15) is 4.79 Å². The maximum absolute atomic E-state index is 11.5. The maximum Gasteiger partial charge on any atom is 0.225 e. The highest BCUT2D eigenvalue weighted by molar-refractivity contribution is 5.85. The molecule has 2 heterocycles. The van der Waals surface area contributed by atoms with Gasteiger partial charge in [0, 0.05) is 32.0 Å². The van der Waals surface area contributed by atoms with Crippen LogP contribution in [0, 0.1) is 5.92 Å². The van der Waals surface area contributed by atoms with Gasteiger partial charge in [0.25, 0.3) is 0 Å². The van der Waals surface area contributed by atoms with E-state index in [0.29, 0.717) is 6.54 Å². The maximum atomic E-state index is 11.5. The Morgan fingerprint density at radius 3 is 2.69 bits per heavy atom. The summed E-state index contributed by atoms with van der Waals surface area (Å²) in [6.07, 6.45) is 4.41. The lowest BCUT2D eigenvalue weighted by Crippen LogP contribution is -2.51. The van der Waals surface area contributed by atoms with Crippen LogP contribution in [0.4, 0.5) is 0 Å². The largest absolute Gasteiger partial charge is 0.355 e. The van der Waals surface area contributed by atoms with Crippen molar-refractivity contribution >= 4 is 18.3 Å². The summed E-state index contributed by atoms with van der Waals surface area (Å²) >= 11 is 0. The zero-order valence-corrected chi connectivity index (χ0v) is 9.80. The Hall–Kier alpha value is -1.13. The normalized spacial score (nSPS) is 14.8. The van der Waals surface area contributed by atoms with Crippen LogP contribution in [0.15, 0.2) is 24.5 Å². The van der Waals surface area contributed by atoms with Crippen molar-refractivity contribution in [2.45, 2.75) is 6.42 Å². The molecular weight excluding hydrogens is 226 g/mol. The molecule has 1 saturated heterocycles. The Kier molecular flexibility index (Phi) is 5.22. The molecule has 16 heavy (non-hydrogen) atoms. The van der Waals surface area contributed by atoms with Crippen molar-refractivity contribution in [1.82, 2.24) is 15.6 Å².